The highest BCUT2D eigenvalue weighted by Crippen LogP contribution is 2.36. The normalized spacial score (nSPS) is 15.0. The van der Waals surface area contributed by atoms with Crippen LogP contribution in [0.5, 0.6) is 0 Å². The number of allylic oxidation sites excluding steroid dienone is 1. The second kappa shape index (κ2) is 8.86. The van der Waals surface area contributed by atoms with Crippen LogP contribution in [0.25, 0.3) is 5.70 Å². The van der Waals surface area contributed by atoms with E-state index in [0.29, 0.717) is 5.95 Å². The Kier molecular flexibility index (Phi) is 5.59. The standard InChI is InChI=1S/C25H20F2N6O/c1-16-7-9-18(10-8-16)23-14-22(17-5-3-2-4-6-17)32(25-29-30-31-33(23)25)15-24(34)28-21-12-19(26)11-20(27)13-21/h2-14,23H,15H2,1H3,(H,28,34)/t23-/m1/s1. The smallest absolute Gasteiger partial charge is 0.251 e. The van der Waals surface area contributed by atoms with Crippen LogP contribution in [0.2, 0.25) is 0 Å². The Morgan fingerprint density at radius 3 is 2.41 bits per heavy atom. The number of hydrogen-bond acceptors (Lipinski definition) is 5. The molecule has 1 atom stereocenters. The van der Waals surface area contributed by atoms with Crippen molar-refractivity contribution in [3.05, 3.63) is 107 Å². The van der Waals surface area contributed by atoms with Crippen molar-refractivity contribution >= 4 is 23.2 Å². The summed E-state index contributed by atoms with van der Waals surface area (Å²) in [6, 6.07) is 20.2. The third-order valence-corrected chi connectivity index (χ3v) is 5.52. The quantitative estimate of drug-likeness (QED) is 0.481. The lowest BCUT2D eigenvalue weighted by atomic mass is 10.00. The number of hydrogen-bond donors (Lipinski definition) is 1. The van der Waals surface area contributed by atoms with Crippen LogP contribution in [0, 0.1) is 18.6 Å². The highest BCUT2D eigenvalue weighted by molar-refractivity contribution is 5.97. The summed E-state index contributed by atoms with van der Waals surface area (Å²) in [4.78, 5) is 14.6. The van der Waals surface area contributed by atoms with E-state index in [-0.39, 0.29) is 18.3 Å². The summed E-state index contributed by atoms with van der Waals surface area (Å²) in [5.41, 5.74) is 3.78. The number of nitrogens with zero attached hydrogens (tertiary/aromatic N) is 5. The molecule has 2 heterocycles. The van der Waals surface area contributed by atoms with Gasteiger partial charge in [-0.25, -0.2) is 8.78 Å². The molecule has 0 radical (unpaired) electrons. The summed E-state index contributed by atoms with van der Waals surface area (Å²) >= 11 is 0. The number of nitrogens with one attached hydrogen (secondary N) is 1. The zero-order chi connectivity index (χ0) is 23.7. The first kappa shape index (κ1) is 21.4. The van der Waals surface area contributed by atoms with Crippen LogP contribution < -0.4 is 10.2 Å². The molecule has 0 fully saturated rings. The summed E-state index contributed by atoms with van der Waals surface area (Å²) in [5, 5.41) is 14.7. The number of carbonyl (C=O) groups excluding carboxylic acids is 1. The van der Waals surface area contributed by atoms with E-state index in [1.54, 1.807) is 9.58 Å². The van der Waals surface area contributed by atoms with Gasteiger partial charge in [-0.2, -0.15) is 4.68 Å². The van der Waals surface area contributed by atoms with Crippen LogP contribution in [-0.2, 0) is 4.79 Å². The fourth-order valence-corrected chi connectivity index (χ4v) is 3.95. The van der Waals surface area contributed by atoms with E-state index in [4.69, 9.17) is 0 Å². The molecule has 4 aromatic rings. The Bertz CT molecular complexity index is 1350. The molecule has 1 aromatic heterocycles. The van der Waals surface area contributed by atoms with Crippen molar-refractivity contribution in [2.75, 3.05) is 16.8 Å². The van der Waals surface area contributed by atoms with Crippen molar-refractivity contribution in [1.29, 1.82) is 0 Å². The number of aromatic nitrogens is 4. The van der Waals surface area contributed by atoms with Crippen LogP contribution in [-0.4, -0.2) is 32.7 Å². The number of anilines is 2. The van der Waals surface area contributed by atoms with E-state index in [0.717, 1.165) is 40.6 Å². The number of fused-ring (bicyclic) bond motifs is 1. The van der Waals surface area contributed by atoms with Crippen molar-refractivity contribution < 1.29 is 13.6 Å². The van der Waals surface area contributed by atoms with E-state index >= 15 is 0 Å². The van der Waals surface area contributed by atoms with Gasteiger partial charge in [-0.05, 0) is 46.7 Å². The monoisotopic (exact) mass is 458 g/mol. The molecule has 7 nitrogen and oxygen atoms in total. The van der Waals surface area contributed by atoms with Crippen LogP contribution in [0.15, 0.2) is 78.9 Å². The molecule has 0 aliphatic carbocycles. The van der Waals surface area contributed by atoms with E-state index in [2.05, 4.69) is 20.8 Å². The fraction of sp³-hybridized carbons (Fsp3) is 0.120. The molecule has 0 unspecified atom stereocenters. The fourth-order valence-electron chi connectivity index (χ4n) is 3.95. The second-order valence-electron chi connectivity index (χ2n) is 7.99. The zero-order valence-corrected chi connectivity index (χ0v) is 18.2. The molecule has 0 bridgehead atoms. The third-order valence-electron chi connectivity index (χ3n) is 5.52. The molecule has 1 aliphatic heterocycles. The van der Waals surface area contributed by atoms with Crippen molar-refractivity contribution in [1.82, 2.24) is 20.2 Å². The number of amides is 1. The van der Waals surface area contributed by atoms with Crippen molar-refractivity contribution in [3.8, 4) is 0 Å². The maximum atomic E-state index is 13.6. The van der Waals surface area contributed by atoms with E-state index < -0.39 is 17.5 Å². The summed E-state index contributed by atoms with van der Waals surface area (Å²) in [6.07, 6.45) is 2.00. The van der Waals surface area contributed by atoms with Gasteiger partial charge in [0.05, 0.1) is 5.70 Å². The van der Waals surface area contributed by atoms with Gasteiger partial charge < -0.3 is 5.32 Å². The van der Waals surface area contributed by atoms with Gasteiger partial charge in [-0.3, -0.25) is 9.69 Å². The van der Waals surface area contributed by atoms with Gasteiger partial charge in [0.15, 0.2) is 0 Å². The molecule has 1 N–H and O–H groups in total. The minimum Gasteiger partial charge on any atom is -0.324 e. The van der Waals surface area contributed by atoms with Crippen LogP contribution in [0.4, 0.5) is 20.4 Å². The maximum absolute atomic E-state index is 13.6. The lowest BCUT2D eigenvalue weighted by Gasteiger charge is -2.32. The van der Waals surface area contributed by atoms with Gasteiger partial charge in [0.25, 0.3) is 5.95 Å². The van der Waals surface area contributed by atoms with Crippen molar-refractivity contribution in [3.63, 3.8) is 0 Å². The number of halogens is 2. The number of tetrazole rings is 1. The van der Waals surface area contributed by atoms with Crippen LogP contribution in [0.1, 0.15) is 22.7 Å². The second-order valence-corrected chi connectivity index (χ2v) is 7.99. The first-order valence-corrected chi connectivity index (χ1v) is 10.6. The topological polar surface area (TPSA) is 75.9 Å². The third kappa shape index (κ3) is 4.27. The van der Waals surface area contributed by atoms with Gasteiger partial charge in [0.2, 0.25) is 5.91 Å². The van der Waals surface area contributed by atoms with Gasteiger partial charge in [-0.1, -0.05) is 65.3 Å². The minimum atomic E-state index is -0.775. The Morgan fingerprint density at radius 2 is 1.71 bits per heavy atom. The Balaban J connectivity index is 1.52. The highest BCUT2D eigenvalue weighted by atomic mass is 19.1. The van der Waals surface area contributed by atoms with Crippen LogP contribution in [0.3, 0.4) is 0 Å². The van der Waals surface area contributed by atoms with Gasteiger partial charge >= 0.3 is 0 Å². The summed E-state index contributed by atoms with van der Waals surface area (Å²) < 4.78 is 28.8. The molecule has 1 aliphatic rings. The largest absolute Gasteiger partial charge is 0.324 e. The highest BCUT2D eigenvalue weighted by Gasteiger charge is 2.32. The maximum Gasteiger partial charge on any atom is 0.251 e. The molecule has 0 saturated carbocycles. The minimum absolute atomic E-state index is 0.0295. The van der Waals surface area contributed by atoms with Crippen LogP contribution >= 0.6 is 0 Å². The molecule has 0 spiro atoms. The molecule has 9 heteroatoms. The van der Waals surface area contributed by atoms with Gasteiger partial charge in [0.1, 0.15) is 24.2 Å². The van der Waals surface area contributed by atoms with E-state index in [1.165, 1.54) is 0 Å². The lowest BCUT2D eigenvalue weighted by Crippen LogP contribution is -2.37. The molecule has 3 aromatic carbocycles. The Morgan fingerprint density at radius 1 is 1.00 bits per heavy atom. The molecular formula is C25H20F2N6O. The van der Waals surface area contributed by atoms with Gasteiger partial charge in [0, 0.05) is 11.8 Å². The van der Waals surface area contributed by atoms with E-state index in [9.17, 15) is 13.6 Å². The van der Waals surface area contributed by atoms with E-state index in [1.807, 2.05) is 67.6 Å². The van der Waals surface area contributed by atoms with Gasteiger partial charge in [-0.15, -0.1) is 0 Å². The zero-order valence-electron chi connectivity index (χ0n) is 18.2. The molecular weight excluding hydrogens is 438 g/mol. The van der Waals surface area contributed by atoms with Crippen molar-refractivity contribution in [2.45, 2.75) is 13.0 Å². The molecule has 1 amide bonds. The first-order chi connectivity index (χ1) is 16.5. The number of rotatable bonds is 5. The number of aryl methyl sites for hydroxylation is 1. The number of benzene rings is 3. The Labute approximate surface area is 194 Å². The van der Waals surface area contributed by atoms with Crippen molar-refractivity contribution in [2.24, 2.45) is 0 Å². The summed E-state index contributed by atoms with van der Waals surface area (Å²) in [7, 11) is 0. The SMILES string of the molecule is Cc1ccc([C@H]2C=C(c3ccccc3)N(CC(=O)Nc3cc(F)cc(F)c3)c3nnnn32)cc1. The Hall–Kier alpha value is -4.40. The average molecular weight is 458 g/mol. The predicted molar refractivity (Wildman–Crippen MR) is 124 cm³/mol. The molecule has 0 saturated heterocycles. The predicted octanol–water partition coefficient (Wildman–Crippen LogP) is 4.35. The number of carbonyl (C=O) groups is 1. The summed E-state index contributed by atoms with van der Waals surface area (Å²) in [5.74, 6) is -1.64. The average Bonchev–Trinajstić information content (AvgIpc) is 3.30. The lowest BCUT2D eigenvalue weighted by molar-refractivity contribution is -0.114. The molecule has 34 heavy (non-hydrogen) atoms. The molecule has 5 rings (SSSR count). The summed E-state index contributed by atoms with van der Waals surface area (Å²) in [6.45, 7) is 1.85. The molecule has 170 valence electrons. The first-order valence-electron chi connectivity index (χ1n) is 10.6.